The maximum Gasteiger partial charge on any atom is 0.276 e. The van der Waals surface area contributed by atoms with E-state index in [-0.39, 0.29) is 17.2 Å². The molecule has 3 heterocycles. The molecule has 3 aromatic heterocycles. The second-order valence-corrected chi connectivity index (χ2v) is 7.09. The van der Waals surface area contributed by atoms with Crippen molar-refractivity contribution in [3.05, 3.63) is 82.9 Å². The summed E-state index contributed by atoms with van der Waals surface area (Å²) in [6, 6.07) is 12.4. The first kappa shape index (κ1) is 19.6. The molecule has 0 aliphatic carbocycles. The van der Waals surface area contributed by atoms with Crippen LogP contribution < -0.4 is 10.6 Å². The first-order chi connectivity index (χ1) is 14.5. The Labute approximate surface area is 177 Å². The minimum atomic E-state index is -0.457. The van der Waals surface area contributed by atoms with Crippen LogP contribution in [0.4, 0.5) is 5.69 Å². The lowest BCUT2D eigenvalue weighted by Crippen LogP contribution is -2.23. The van der Waals surface area contributed by atoms with Crippen LogP contribution in [0, 0.1) is 6.92 Å². The normalized spacial score (nSPS) is 10.8. The van der Waals surface area contributed by atoms with Crippen LogP contribution in [0.1, 0.15) is 26.4 Å². The summed E-state index contributed by atoms with van der Waals surface area (Å²) < 4.78 is 1.86. The van der Waals surface area contributed by atoms with Crippen molar-refractivity contribution in [1.29, 1.82) is 0 Å². The Morgan fingerprint density at radius 1 is 1.07 bits per heavy atom. The number of carbonyl (C=O) groups is 2. The van der Waals surface area contributed by atoms with Crippen LogP contribution in [0.5, 0.6) is 0 Å². The van der Waals surface area contributed by atoms with Gasteiger partial charge in [-0.25, -0.2) is 4.98 Å². The predicted molar refractivity (Wildman–Crippen MR) is 116 cm³/mol. The SMILES string of the molecule is CNC(=O)c1cc(Cl)cc(C)c1NC(=O)c1ncc2cccn2c1-c1ccccn1. The molecular weight excluding hydrogens is 402 g/mol. The Morgan fingerprint density at radius 3 is 2.63 bits per heavy atom. The molecule has 2 amide bonds. The van der Waals surface area contributed by atoms with Crippen molar-refractivity contribution in [2.75, 3.05) is 12.4 Å². The summed E-state index contributed by atoms with van der Waals surface area (Å²) in [6.45, 7) is 1.77. The fraction of sp³-hybridized carbons (Fsp3) is 0.0909. The molecule has 0 aliphatic heterocycles. The monoisotopic (exact) mass is 419 g/mol. The number of aryl methyl sites for hydroxylation is 1. The third-order valence-electron chi connectivity index (χ3n) is 4.70. The molecule has 0 spiro atoms. The van der Waals surface area contributed by atoms with Crippen molar-refractivity contribution in [3.63, 3.8) is 0 Å². The lowest BCUT2D eigenvalue weighted by atomic mass is 10.1. The van der Waals surface area contributed by atoms with Gasteiger partial charge in [-0.15, -0.1) is 0 Å². The molecule has 8 heteroatoms. The van der Waals surface area contributed by atoms with Crippen molar-refractivity contribution < 1.29 is 9.59 Å². The lowest BCUT2D eigenvalue weighted by molar-refractivity contribution is 0.0964. The first-order valence-electron chi connectivity index (χ1n) is 9.20. The molecule has 30 heavy (non-hydrogen) atoms. The molecule has 0 atom stereocenters. The molecule has 150 valence electrons. The van der Waals surface area contributed by atoms with Gasteiger partial charge in [0.05, 0.1) is 28.7 Å². The number of anilines is 1. The standard InChI is InChI=1S/C22H18ClN5O2/c1-13-10-14(23)11-16(21(29)24-2)18(13)27-22(30)19-20(17-7-3-4-8-25-17)28-9-5-6-15(28)12-26-19/h3-12H,1-2H3,(H,24,29)(H,27,30). The van der Waals surface area contributed by atoms with E-state index in [1.807, 2.05) is 34.9 Å². The number of pyridine rings is 1. The maximum absolute atomic E-state index is 13.3. The Balaban J connectivity index is 1.84. The number of carbonyl (C=O) groups excluding carboxylic acids is 2. The highest BCUT2D eigenvalue weighted by Crippen LogP contribution is 2.28. The summed E-state index contributed by atoms with van der Waals surface area (Å²) in [6.07, 6.45) is 5.13. The van der Waals surface area contributed by atoms with Crippen LogP contribution >= 0.6 is 11.6 Å². The van der Waals surface area contributed by atoms with Gasteiger partial charge in [-0.3, -0.25) is 14.6 Å². The quantitative estimate of drug-likeness (QED) is 0.524. The van der Waals surface area contributed by atoms with Gasteiger partial charge in [0.15, 0.2) is 5.69 Å². The Bertz CT molecular complexity index is 1270. The highest BCUT2D eigenvalue weighted by atomic mass is 35.5. The Hall–Kier alpha value is -3.71. The summed E-state index contributed by atoms with van der Waals surface area (Å²) in [5.41, 5.74) is 3.51. The zero-order valence-electron chi connectivity index (χ0n) is 16.3. The largest absolute Gasteiger partial charge is 0.355 e. The molecule has 4 aromatic rings. The number of hydrogen-bond acceptors (Lipinski definition) is 4. The number of halogens is 1. The van der Waals surface area contributed by atoms with Crippen LogP contribution in [0.25, 0.3) is 16.9 Å². The number of rotatable bonds is 4. The van der Waals surface area contributed by atoms with Crippen LogP contribution in [0.2, 0.25) is 5.02 Å². The summed E-state index contributed by atoms with van der Waals surface area (Å²) >= 11 is 6.12. The lowest BCUT2D eigenvalue weighted by Gasteiger charge is -2.16. The van der Waals surface area contributed by atoms with E-state index in [1.165, 1.54) is 13.1 Å². The van der Waals surface area contributed by atoms with E-state index < -0.39 is 5.91 Å². The summed E-state index contributed by atoms with van der Waals surface area (Å²) in [5.74, 6) is -0.809. The molecule has 0 saturated carbocycles. The molecule has 0 radical (unpaired) electrons. The molecule has 0 bridgehead atoms. The van der Waals surface area contributed by atoms with E-state index >= 15 is 0 Å². The molecule has 4 rings (SSSR count). The number of amides is 2. The maximum atomic E-state index is 13.3. The smallest absolute Gasteiger partial charge is 0.276 e. The number of benzene rings is 1. The van der Waals surface area contributed by atoms with Gasteiger partial charge in [0.1, 0.15) is 5.69 Å². The van der Waals surface area contributed by atoms with E-state index in [9.17, 15) is 9.59 Å². The number of nitrogens with zero attached hydrogens (tertiary/aromatic N) is 3. The fourth-order valence-electron chi connectivity index (χ4n) is 3.32. The molecule has 1 aromatic carbocycles. The number of aromatic nitrogens is 3. The van der Waals surface area contributed by atoms with Gasteiger partial charge < -0.3 is 15.0 Å². The third-order valence-corrected chi connectivity index (χ3v) is 4.92. The Morgan fingerprint density at radius 2 is 1.90 bits per heavy atom. The van der Waals surface area contributed by atoms with Crippen molar-refractivity contribution in [3.8, 4) is 11.4 Å². The zero-order chi connectivity index (χ0) is 21.3. The van der Waals surface area contributed by atoms with Crippen LogP contribution in [-0.4, -0.2) is 33.2 Å². The predicted octanol–water partition coefficient (Wildman–Crippen LogP) is 3.97. The summed E-state index contributed by atoms with van der Waals surface area (Å²) in [4.78, 5) is 34.4. The van der Waals surface area contributed by atoms with Gasteiger partial charge in [-0.05, 0) is 48.9 Å². The van der Waals surface area contributed by atoms with Crippen LogP contribution in [0.15, 0.2) is 61.1 Å². The number of nitrogens with one attached hydrogen (secondary N) is 2. The molecule has 0 saturated heterocycles. The van der Waals surface area contributed by atoms with Crippen molar-refractivity contribution in [2.45, 2.75) is 6.92 Å². The minimum absolute atomic E-state index is 0.189. The van der Waals surface area contributed by atoms with Crippen molar-refractivity contribution in [1.82, 2.24) is 19.7 Å². The number of fused-ring (bicyclic) bond motifs is 1. The van der Waals surface area contributed by atoms with Gasteiger partial charge in [0.2, 0.25) is 0 Å². The average Bonchev–Trinajstić information content (AvgIpc) is 3.23. The number of hydrogen-bond donors (Lipinski definition) is 2. The second-order valence-electron chi connectivity index (χ2n) is 6.65. The molecule has 0 aliphatic rings. The van der Waals surface area contributed by atoms with Gasteiger partial charge in [-0.1, -0.05) is 17.7 Å². The van der Waals surface area contributed by atoms with E-state index in [1.54, 1.807) is 31.5 Å². The van der Waals surface area contributed by atoms with Crippen LogP contribution in [0.3, 0.4) is 0 Å². The van der Waals surface area contributed by atoms with Crippen molar-refractivity contribution in [2.24, 2.45) is 0 Å². The van der Waals surface area contributed by atoms with E-state index in [0.717, 1.165) is 5.52 Å². The minimum Gasteiger partial charge on any atom is -0.355 e. The highest BCUT2D eigenvalue weighted by Gasteiger charge is 2.22. The highest BCUT2D eigenvalue weighted by molar-refractivity contribution is 6.31. The van der Waals surface area contributed by atoms with E-state index in [2.05, 4.69) is 20.6 Å². The van der Waals surface area contributed by atoms with E-state index in [4.69, 9.17) is 11.6 Å². The molecule has 0 unspecified atom stereocenters. The summed E-state index contributed by atoms with van der Waals surface area (Å²) in [7, 11) is 1.52. The van der Waals surface area contributed by atoms with Gasteiger partial charge >= 0.3 is 0 Å². The third kappa shape index (κ3) is 3.51. The summed E-state index contributed by atoms with van der Waals surface area (Å²) in [5, 5.41) is 5.82. The van der Waals surface area contributed by atoms with Crippen LogP contribution in [-0.2, 0) is 0 Å². The van der Waals surface area contributed by atoms with Gasteiger partial charge in [0.25, 0.3) is 11.8 Å². The Kier molecular flexibility index (Phi) is 5.20. The molecule has 0 fully saturated rings. The topological polar surface area (TPSA) is 88.4 Å². The first-order valence-corrected chi connectivity index (χ1v) is 9.58. The van der Waals surface area contributed by atoms with Gasteiger partial charge in [-0.2, -0.15) is 0 Å². The molecule has 7 nitrogen and oxygen atoms in total. The average molecular weight is 420 g/mol. The molecular formula is C22H18ClN5O2. The van der Waals surface area contributed by atoms with Crippen molar-refractivity contribution >= 4 is 34.6 Å². The molecule has 2 N–H and O–H groups in total. The zero-order valence-corrected chi connectivity index (χ0v) is 17.1. The fourth-order valence-corrected chi connectivity index (χ4v) is 3.59. The second kappa shape index (κ2) is 7.96. The van der Waals surface area contributed by atoms with E-state index in [0.29, 0.717) is 27.7 Å². The van der Waals surface area contributed by atoms with Gasteiger partial charge in [0, 0.05) is 24.5 Å².